The summed E-state index contributed by atoms with van der Waals surface area (Å²) >= 11 is 5.83. The molecule has 0 radical (unpaired) electrons. The lowest BCUT2D eigenvalue weighted by Gasteiger charge is -2.28. The summed E-state index contributed by atoms with van der Waals surface area (Å²) in [6, 6.07) is 19.6. The molecule has 0 spiro atoms. The molecule has 1 aliphatic carbocycles. The summed E-state index contributed by atoms with van der Waals surface area (Å²) in [4.78, 5) is 7.03. The Labute approximate surface area is 202 Å². The summed E-state index contributed by atoms with van der Waals surface area (Å²) in [7, 11) is 0. The first-order valence-electron chi connectivity index (χ1n) is 12.2. The van der Waals surface area contributed by atoms with E-state index < -0.39 is 0 Å². The zero-order valence-electron chi connectivity index (χ0n) is 19.1. The maximum Gasteiger partial charge on any atom is 0.170 e. The van der Waals surface area contributed by atoms with Gasteiger partial charge in [0.1, 0.15) is 0 Å². The Morgan fingerprint density at radius 2 is 1.82 bits per heavy atom. The number of rotatable bonds is 8. The van der Waals surface area contributed by atoms with Crippen molar-refractivity contribution in [2.45, 2.75) is 56.7 Å². The van der Waals surface area contributed by atoms with Crippen LogP contribution in [0, 0.1) is 0 Å². The van der Waals surface area contributed by atoms with E-state index in [0.29, 0.717) is 6.04 Å². The number of aromatic nitrogens is 2. The van der Waals surface area contributed by atoms with Gasteiger partial charge in [-0.1, -0.05) is 43.5 Å². The van der Waals surface area contributed by atoms with E-state index in [1.54, 1.807) is 0 Å². The van der Waals surface area contributed by atoms with Crippen LogP contribution in [0.1, 0.15) is 67.9 Å². The molecule has 5 nitrogen and oxygen atoms in total. The highest BCUT2D eigenvalue weighted by Gasteiger charge is 2.39. The molecule has 33 heavy (non-hydrogen) atoms. The Kier molecular flexibility index (Phi) is 6.91. The average Bonchev–Trinajstić information content (AvgIpc) is 3.48. The maximum atomic E-state index is 5.83. The molecule has 5 rings (SSSR count). The predicted octanol–water partition coefficient (Wildman–Crippen LogP) is 5.86. The van der Waals surface area contributed by atoms with Crippen LogP contribution in [0.4, 0.5) is 5.69 Å². The van der Waals surface area contributed by atoms with Gasteiger partial charge in [-0.05, 0) is 67.4 Å². The number of anilines is 1. The van der Waals surface area contributed by atoms with Crippen LogP contribution >= 0.6 is 12.2 Å². The van der Waals surface area contributed by atoms with Crippen molar-refractivity contribution >= 4 is 23.0 Å². The van der Waals surface area contributed by atoms with Crippen molar-refractivity contribution < 1.29 is 0 Å². The van der Waals surface area contributed by atoms with Gasteiger partial charge in [0.25, 0.3) is 0 Å². The van der Waals surface area contributed by atoms with E-state index in [2.05, 4.69) is 79.9 Å². The molecule has 1 aliphatic heterocycles. The van der Waals surface area contributed by atoms with Crippen LogP contribution in [0.5, 0.6) is 0 Å². The number of para-hydroxylation sites is 1. The topological polar surface area (TPSA) is 45.1 Å². The second-order valence-electron chi connectivity index (χ2n) is 9.15. The quantitative estimate of drug-likeness (QED) is 0.326. The molecule has 0 bridgehead atoms. The maximum absolute atomic E-state index is 5.83. The van der Waals surface area contributed by atoms with Crippen LogP contribution in [-0.2, 0) is 0 Å². The van der Waals surface area contributed by atoms with Gasteiger partial charge in [-0.3, -0.25) is 4.98 Å². The van der Waals surface area contributed by atoms with E-state index in [9.17, 15) is 0 Å². The number of nitrogens with one attached hydrogen (secondary N) is 2. The van der Waals surface area contributed by atoms with Crippen molar-refractivity contribution in [2.24, 2.45) is 0 Å². The van der Waals surface area contributed by atoms with Crippen molar-refractivity contribution in [2.75, 3.05) is 18.4 Å². The summed E-state index contributed by atoms with van der Waals surface area (Å²) in [5.41, 5.74) is 3.52. The molecular weight excluding hydrogens is 426 g/mol. The second kappa shape index (κ2) is 10.4. The third kappa shape index (κ3) is 5.06. The van der Waals surface area contributed by atoms with E-state index in [4.69, 9.17) is 12.2 Å². The van der Waals surface area contributed by atoms with E-state index >= 15 is 0 Å². The number of hydrogen-bond donors (Lipinski definition) is 2. The summed E-state index contributed by atoms with van der Waals surface area (Å²) in [5, 5.41) is 7.92. The second-order valence-corrected chi connectivity index (χ2v) is 9.54. The molecule has 2 fully saturated rings. The minimum atomic E-state index is 0.0583. The minimum absolute atomic E-state index is 0.0583. The van der Waals surface area contributed by atoms with Gasteiger partial charge in [-0.2, -0.15) is 0 Å². The first kappa shape index (κ1) is 22.0. The number of thiocarbonyl (C=S) groups is 1. The van der Waals surface area contributed by atoms with Crippen LogP contribution in [0.25, 0.3) is 0 Å². The fourth-order valence-electron chi connectivity index (χ4n) is 5.26. The highest BCUT2D eigenvalue weighted by molar-refractivity contribution is 7.80. The molecule has 0 amide bonds. The van der Waals surface area contributed by atoms with Gasteiger partial charge in [-0.25, -0.2) is 0 Å². The van der Waals surface area contributed by atoms with Crippen molar-refractivity contribution in [3.63, 3.8) is 0 Å². The first-order valence-corrected chi connectivity index (χ1v) is 12.6. The summed E-state index contributed by atoms with van der Waals surface area (Å²) < 4.78 is 2.44. The smallest absolute Gasteiger partial charge is 0.170 e. The van der Waals surface area contributed by atoms with Crippen LogP contribution in [0.15, 0.2) is 73.2 Å². The van der Waals surface area contributed by atoms with Gasteiger partial charge < -0.3 is 20.1 Å². The van der Waals surface area contributed by atoms with E-state index in [1.165, 1.54) is 37.7 Å². The Balaban J connectivity index is 1.33. The Bertz CT molecular complexity index is 1030. The molecule has 1 saturated heterocycles. The highest BCUT2D eigenvalue weighted by Crippen LogP contribution is 2.39. The normalized spacial score (nSPS) is 21.2. The lowest BCUT2D eigenvalue weighted by molar-refractivity contribution is 0.314. The van der Waals surface area contributed by atoms with Gasteiger partial charge in [0.15, 0.2) is 5.11 Å². The fourth-order valence-corrected chi connectivity index (χ4v) is 5.59. The molecule has 172 valence electrons. The molecule has 2 atom stereocenters. The third-order valence-corrected chi connectivity index (χ3v) is 7.30. The zero-order valence-corrected chi connectivity index (χ0v) is 19.9. The Morgan fingerprint density at radius 3 is 2.61 bits per heavy atom. The lowest BCUT2D eigenvalue weighted by atomic mass is 9.95. The third-order valence-electron chi connectivity index (χ3n) is 6.95. The number of pyridine rings is 1. The summed E-state index contributed by atoms with van der Waals surface area (Å²) in [6.07, 6.45) is 14.1. The monoisotopic (exact) mass is 459 g/mol. The van der Waals surface area contributed by atoms with Crippen LogP contribution in [-0.4, -0.2) is 32.7 Å². The van der Waals surface area contributed by atoms with E-state index in [-0.39, 0.29) is 12.1 Å². The summed E-state index contributed by atoms with van der Waals surface area (Å²) in [5.74, 6) is 0. The van der Waals surface area contributed by atoms with Crippen molar-refractivity contribution in [1.82, 2.24) is 19.8 Å². The lowest BCUT2D eigenvalue weighted by Crippen LogP contribution is -2.31. The van der Waals surface area contributed by atoms with Crippen molar-refractivity contribution in [1.29, 1.82) is 0 Å². The molecule has 3 heterocycles. The van der Waals surface area contributed by atoms with Gasteiger partial charge in [-0.15, -0.1) is 0 Å². The minimum Gasteiger partial charge on any atom is -0.385 e. The fraction of sp³-hybridized carbons (Fsp3) is 0.407. The van der Waals surface area contributed by atoms with Crippen LogP contribution in [0.3, 0.4) is 0 Å². The molecule has 6 heteroatoms. The first-order chi connectivity index (χ1) is 16.3. The summed E-state index contributed by atoms with van der Waals surface area (Å²) in [6.45, 7) is 1.81. The molecular formula is C27H33N5S. The Morgan fingerprint density at radius 1 is 1.00 bits per heavy atom. The molecule has 0 unspecified atom stereocenters. The predicted molar refractivity (Wildman–Crippen MR) is 138 cm³/mol. The SMILES string of the molecule is S=C1N[C@H](c2ccccn2)[C@H](c2ccn(C3CCCCC3)c2)N1CCCNc1ccccc1. The van der Waals surface area contributed by atoms with Crippen molar-refractivity contribution in [3.8, 4) is 0 Å². The molecule has 3 aromatic rings. The molecule has 1 saturated carbocycles. The Hall–Kier alpha value is -2.86. The van der Waals surface area contributed by atoms with Gasteiger partial charge in [0.05, 0.1) is 17.8 Å². The highest BCUT2D eigenvalue weighted by atomic mass is 32.1. The standard InChI is InChI=1S/C27H33N5S/c33-27-30-25(24-14-7-8-16-29-24)26(21-15-19-31(20-21)23-12-5-2-6-13-23)32(27)18-9-17-28-22-10-3-1-4-11-22/h1,3-4,7-8,10-11,14-16,19-20,23,25-26,28H,2,5-6,9,12-13,17-18H2,(H,30,33)/t25-,26+/m1/s1. The van der Waals surface area contributed by atoms with Crippen LogP contribution < -0.4 is 10.6 Å². The number of benzene rings is 1. The molecule has 2 aromatic heterocycles. The number of nitrogens with zero attached hydrogens (tertiary/aromatic N) is 3. The van der Waals surface area contributed by atoms with Gasteiger partial charge in [0.2, 0.25) is 0 Å². The van der Waals surface area contributed by atoms with Crippen molar-refractivity contribution in [3.05, 3.63) is 84.4 Å². The van der Waals surface area contributed by atoms with E-state index in [1.807, 2.05) is 18.3 Å². The largest absolute Gasteiger partial charge is 0.385 e. The van der Waals surface area contributed by atoms with Crippen LogP contribution in [0.2, 0.25) is 0 Å². The molecule has 1 aromatic carbocycles. The average molecular weight is 460 g/mol. The molecule has 2 N–H and O–H groups in total. The van der Waals surface area contributed by atoms with E-state index in [0.717, 1.165) is 36.0 Å². The van der Waals surface area contributed by atoms with Gasteiger partial charge >= 0.3 is 0 Å². The van der Waals surface area contributed by atoms with Gasteiger partial charge in [0, 0.05) is 43.4 Å². The molecule has 2 aliphatic rings. The zero-order chi connectivity index (χ0) is 22.5. The number of hydrogen-bond acceptors (Lipinski definition) is 3.